The van der Waals surface area contributed by atoms with Crippen molar-refractivity contribution in [3.05, 3.63) is 31.3 Å². The van der Waals surface area contributed by atoms with Gasteiger partial charge < -0.3 is 10.4 Å². The second kappa shape index (κ2) is 8.15. The van der Waals surface area contributed by atoms with Gasteiger partial charge in [0.25, 0.3) is 5.91 Å². The number of nitrogens with one attached hydrogen (secondary N) is 1. The Morgan fingerprint density at radius 1 is 1.48 bits per heavy atom. The average molecular weight is 489 g/mol. The number of amides is 1. The molecule has 2 atom stereocenters. The van der Waals surface area contributed by atoms with E-state index in [1.54, 1.807) is 12.1 Å². The van der Waals surface area contributed by atoms with Crippen LogP contribution in [0.5, 0.6) is 5.75 Å². The van der Waals surface area contributed by atoms with E-state index in [0.29, 0.717) is 15.1 Å². The lowest BCUT2D eigenvalue weighted by atomic mass is 9.86. The Balaban J connectivity index is 2.22. The topological polar surface area (TPSA) is 73.1 Å². The number of carbonyl (C=O) groups excluding carboxylic acids is 1. The second-order valence-corrected chi connectivity index (χ2v) is 7.91. The summed E-state index contributed by atoms with van der Waals surface area (Å²) in [6, 6.07) is 5.51. The molecule has 0 bridgehead atoms. The number of nitrogens with zero attached hydrogens (tertiary/aromatic N) is 1. The molecule has 122 valence electrons. The van der Waals surface area contributed by atoms with E-state index in [4.69, 9.17) is 0 Å². The van der Waals surface area contributed by atoms with E-state index in [9.17, 15) is 15.2 Å². The molecule has 1 aliphatic carbocycles. The van der Waals surface area contributed by atoms with Gasteiger partial charge in [0.05, 0.1) is 3.57 Å². The number of phenols is 1. The minimum absolute atomic E-state index is 0.00646. The van der Waals surface area contributed by atoms with E-state index in [0.717, 1.165) is 23.7 Å². The van der Waals surface area contributed by atoms with Gasteiger partial charge in [-0.05, 0) is 59.6 Å². The molecule has 0 unspecified atom stereocenters. The fraction of sp³-hybridized carbons (Fsp3) is 0.412. The van der Waals surface area contributed by atoms with Crippen LogP contribution in [0.15, 0.2) is 22.2 Å². The Bertz CT molecular complexity index is 682. The molecular formula is C17H18BrIN2O2. The number of nitriles is 1. The summed E-state index contributed by atoms with van der Waals surface area (Å²) in [7, 11) is 0. The van der Waals surface area contributed by atoms with Gasteiger partial charge in [-0.2, -0.15) is 5.26 Å². The summed E-state index contributed by atoms with van der Waals surface area (Å²) < 4.78 is 1.44. The van der Waals surface area contributed by atoms with Crippen molar-refractivity contribution < 1.29 is 9.90 Å². The molecule has 4 nitrogen and oxygen atoms in total. The number of carbonyl (C=O) groups is 1. The molecule has 0 heterocycles. The third kappa shape index (κ3) is 4.70. The summed E-state index contributed by atoms with van der Waals surface area (Å²) in [6.07, 6.45) is 5.78. The summed E-state index contributed by atoms with van der Waals surface area (Å²) >= 11 is 5.36. The van der Waals surface area contributed by atoms with Crippen LogP contribution in [0, 0.1) is 20.8 Å². The molecule has 2 N–H and O–H groups in total. The van der Waals surface area contributed by atoms with Crippen LogP contribution in [0.2, 0.25) is 0 Å². The molecule has 1 amide bonds. The van der Waals surface area contributed by atoms with E-state index in [1.165, 1.54) is 12.5 Å². The zero-order valence-corrected chi connectivity index (χ0v) is 16.5. The fourth-order valence-electron chi connectivity index (χ4n) is 2.78. The number of halogens is 2. The third-order valence-electron chi connectivity index (χ3n) is 4.15. The van der Waals surface area contributed by atoms with Crippen molar-refractivity contribution in [2.75, 3.05) is 0 Å². The molecular weight excluding hydrogens is 471 g/mol. The quantitative estimate of drug-likeness (QED) is 0.377. The van der Waals surface area contributed by atoms with Gasteiger partial charge in [0.2, 0.25) is 0 Å². The molecule has 0 aliphatic heterocycles. The maximum atomic E-state index is 12.4. The maximum absolute atomic E-state index is 12.4. The van der Waals surface area contributed by atoms with Crippen LogP contribution in [-0.4, -0.2) is 17.1 Å². The summed E-state index contributed by atoms with van der Waals surface area (Å²) in [4.78, 5) is 12.4. The smallest absolute Gasteiger partial charge is 0.262 e. The Morgan fingerprint density at radius 2 is 2.17 bits per heavy atom. The molecule has 23 heavy (non-hydrogen) atoms. The monoisotopic (exact) mass is 488 g/mol. The lowest BCUT2D eigenvalue weighted by molar-refractivity contribution is -0.118. The molecule has 0 radical (unpaired) electrons. The summed E-state index contributed by atoms with van der Waals surface area (Å²) in [5, 5.41) is 22.4. The molecule has 2 rings (SSSR count). The largest absolute Gasteiger partial charge is 0.506 e. The van der Waals surface area contributed by atoms with Crippen molar-refractivity contribution in [3.63, 3.8) is 0 Å². The van der Waals surface area contributed by atoms with Crippen LogP contribution in [0.1, 0.15) is 38.2 Å². The molecule has 0 spiro atoms. The highest BCUT2D eigenvalue weighted by Gasteiger charge is 2.24. The van der Waals surface area contributed by atoms with E-state index in [2.05, 4.69) is 28.2 Å². The number of hydrogen-bond acceptors (Lipinski definition) is 3. The van der Waals surface area contributed by atoms with Gasteiger partial charge in [-0.1, -0.05) is 35.7 Å². The summed E-state index contributed by atoms with van der Waals surface area (Å²) in [6.45, 7) is 2.13. The maximum Gasteiger partial charge on any atom is 0.262 e. The van der Waals surface area contributed by atoms with Gasteiger partial charge in [0.15, 0.2) is 0 Å². The minimum Gasteiger partial charge on any atom is -0.506 e. The average Bonchev–Trinajstić information content (AvgIpc) is 2.51. The van der Waals surface area contributed by atoms with Crippen molar-refractivity contribution in [2.45, 2.75) is 38.6 Å². The Labute approximate surface area is 158 Å². The molecule has 1 fully saturated rings. The highest BCUT2D eigenvalue weighted by Crippen LogP contribution is 2.30. The van der Waals surface area contributed by atoms with Gasteiger partial charge in [-0.3, -0.25) is 4.79 Å². The number of hydrogen-bond donors (Lipinski definition) is 2. The van der Waals surface area contributed by atoms with E-state index >= 15 is 0 Å². The Kier molecular flexibility index (Phi) is 6.48. The van der Waals surface area contributed by atoms with Gasteiger partial charge in [-0.25, -0.2) is 0 Å². The molecule has 1 aliphatic rings. The summed E-state index contributed by atoms with van der Waals surface area (Å²) in [5.41, 5.74) is 0.458. The highest BCUT2D eigenvalue weighted by atomic mass is 127. The van der Waals surface area contributed by atoms with Gasteiger partial charge in [0.1, 0.15) is 17.4 Å². The molecule has 6 heteroatoms. The van der Waals surface area contributed by atoms with Crippen LogP contribution < -0.4 is 5.32 Å². The summed E-state index contributed by atoms with van der Waals surface area (Å²) in [5.74, 6) is 0.119. The fourth-order valence-corrected chi connectivity index (χ4v) is 4.33. The molecule has 1 aromatic carbocycles. The van der Waals surface area contributed by atoms with Crippen molar-refractivity contribution in [3.8, 4) is 11.8 Å². The number of phenolic OH excluding ortho intramolecular Hbond substituents is 1. The number of aromatic hydroxyl groups is 1. The van der Waals surface area contributed by atoms with Crippen molar-refractivity contribution >= 4 is 50.5 Å². The van der Waals surface area contributed by atoms with Gasteiger partial charge >= 0.3 is 0 Å². The number of rotatable bonds is 3. The molecule has 1 aromatic rings. The first-order chi connectivity index (χ1) is 10.9. The highest BCUT2D eigenvalue weighted by molar-refractivity contribution is 14.1. The van der Waals surface area contributed by atoms with E-state index < -0.39 is 0 Å². The first-order valence-electron chi connectivity index (χ1n) is 7.53. The Morgan fingerprint density at radius 3 is 2.83 bits per heavy atom. The SMILES string of the molecule is C[C@H]1CCCC[C@H]1NC(=O)/C(C#N)=C/c1cc(Br)cc(I)c1O. The second-order valence-electron chi connectivity index (χ2n) is 5.84. The lowest BCUT2D eigenvalue weighted by Crippen LogP contribution is -2.41. The van der Waals surface area contributed by atoms with Crippen LogP contribution in [0.3, 0.4) is 0 Å². The zero-order chi connectivity index (χ0) is 17.0. The third-order valence-corrected chi connectivity index (χ3v) is 5.43. The van der Waals surface area contributed by atoms with Gasteiger partial charge in [0, 0.05) is 16.1 Å². The van der Waals surface area contributed by atoms with Crippen molar-refractivity contribution in [1.29, 1.82) is 5.26 Å². The molecule has 0 aromatic heterocycles. The van der Waals surface area contributed by atoms with Crippen LogP contribution >= 0.6 is 38.5 Å². The number of benzene rings is 1. The van der Waals surface area contributed by atoms with Crippen LogP contribution in [-0.2, 0) is 4.79 Å². The Hall–Kier alpha value is -1.07. The van der Waals surface area contributed by atoms with Gasteiger partial charge in [-0.15, -0.1) is 0 Å². The van der Waals surface area contributed by atoms with Crippen molar-refractivity contribution in [1.82, 2.24) is 5.32 Å². The van der Waals surface area contributed by atoms with E-state index in [1.807, 2.05) is 28.7 Å². The predicted molar refractivity (Wildman–Crippen MR) is 102 cm³/mol. The van der Waals surface area contributed by atoms with Crippen LogP contribution in [0.25, 0.3) is 6.08 Å². The molecule has 0 saturated heterocycles. The van der Waals surface area contributed by atoms with Crippen molar-refractivity contribution in [2.24, 2.45) is 5.92 Å². The van der Waals surface area contributed by atoms with E-state index in [-0.39, 0.29) is 23.3 Å². The normalized spacial score (nSPS) is 21.6. The van der Waals surface area contributed by atoms with Crippen LogP contribution in [0.4, 0.5) is 0 Å². The standard InChI is InChI=1S/C17H18BrIN2O2/c1-10-4-2-3-5-15(10)21-17(23)12(9-20)6-11-7-13(18)8-14(19)16(11)22/h6-8,10,15,22H,2-5H2,1H3,(H,21,23)/b12-6+/t10-,15+/m0/s1. The first-order valence-corrected chi connectivity index (χ1v) is 9.40. The predicted octanol–water partition coefficient (Wildman–Crippen LogP) is 4.36. The minimum atomic E-state index is -0.374. The lowest BCUT2D eigenvalue weighted by Gasteiger charge is -2.29. The zero-order valence-electron chi connectivity index (χ0n) is 12.8. The molecule has 1 saturated carbocycles. The first kappa shape index (κ1) is 18.3.